The van der Waals surface area contributed by atoms with Gasteiger partial charge in [0.1, 0.15) is 6.54 Å². The highest BCUT2D eigenvalue weighted by Gasteiger charge is 2.03. The number of ether oxygens (including phenoxy) is 2. The van der Waals surface area contributed by atoms with E-state index in [9.17, 15) is 0 Å². The molecule has 74 valence electrons. The lowest BCUT2D eigenvalue weighted by Crippen LogP contribution is -1.99. The van der Waals surface area contributed by atoms with Gasteiger partial charge in [-0.2, -0.15) is 5.26 Å². The van der Waals surface area contributed by atoms with E-state index in [-0.39, 0.29) is 6.54 Å². The number of anilines is 1. The zero-order valence-corrected chi connectivity index (χ0v) is 8.20. The van der Waals surface area contributed by atoms with Gasteiger partial charge in [-0.25, -0.2) is 0 Å². The maximum Gasteiger partial charge on any atom is 0.162 e. The van der Waals surface area contributed by atoms with Crippen LogP contribution in [-0.2, 0) is 0 Å². The van der Waals surface area contributed by atoms with Gasteiger partial charge in [0.2, 0.25) is 0 Å². The predicted molar refractivity (Wildman–Crippen MR) is 53.6 cm³/mol. The molecule has 0 atom stereocenters. The van der Waals surface area contributed by atoms with Crippen LogP contribution in [-0.4, -0.2) is 20.8 Å². The first-order valence-corrected chi connectivity index (χ1v) is 4.14. The van der Waals surface area contributed by atoms with E-state index in [4.69, 9.17) is 14.7 Å². The van der Waals surface area contributed by atoms with Crippen LogP contribution in [0.2, 0.25) is 0 Å². The van der Waals surface area contributed by atoms with Crippen molar-refractivity contribution in [2.24, 2.45) is 0 Å². The Bertz CT molecular complexity index is 344. The van der Waals surface area contributed by atoms with Crippen LogP contribution in [0.15, 0.2) is 18.2 Å². The molecule has 0 saturated heterocycles. The van der Waals surface area contributed by atoms with Gasteiger partial charge in [-0.3, -0.25) is 0 Å². The number of hydrogen-bond donors (Lipinski definition) is 1. The number of rotatable bonds is 4. The predicted octanol–water partition coefficient (Wildman–Crippen LogP) is 1.64. The zero-order valence-electron chi connectivity index (χ0n) is 8.20. The minimum absolute atomic E-state index is 0.273. The van der Waals surface area contributed by atoms with Crippen LogP contribution in [0.1, 0.15) is 0 Å². The van der Waals surface area contributed by atoms with Crippen molar-refractivity contribution >= 4 is 5.69 Å². The third kappa shape index (κ3) is 2.30. The second-order valence-electron chi connectivity index (χ2n) is 2.58. The molecule has 0 fully saturated rings. The highest BCUT2D eigenvalue weighted by atomic mass is 16.5. The van der Waals surface area contributed by atoms with Gasteiger partial charge in [0, 0.05) is 11.8 Å². The van der Waals surface area contributed by atoms with Gasteiger partial charge in [0.15, 0.2) is 11.5 Å². The summed E-state index contributed by atoms with van der Waals surface area (Å²) in [6, 6.07) is 7.41. The number of hydrogen-bond acceptors (Lipinski definition) is 4. The van der Waals surface area contributed by atoms with Gasteiger partial charge in [-0.1, -0.05) is 0 Å². The molecule has 1 aromatic rings. The Morgan fingerprint density at radius 2 is 2.00 bits per heavy atom. The quantitative estimate of drug-likeness (QED) is 0.737. The van der Waals surface area contributed by atoms with Gasteiger partial charge in [-0.15, -0.1) is 0 Å². The summed E-state index contributed by atoms with van der Waals surface area (Å²) >= 11 is 0. The first-order valence-electron chi connectivity index (χ1n) is 4.14. The van der Waals surface area contributed by atoms with E-state index in [0.29, 0.717) is 11.5 Å². The molecule has 0 aliphatic rings. The summed E-state index contributed by atoms with van der Waals surface area (Å²) in [6.07, 6.45) is 0. The molecule has 0 amide bonds. The molecular formula is C10H12N2O2. The van der Waals surface area contributed by atoms with E-state index in [1.807, 2.05) is 12.1 Å². The van der Waals surface area contributed by atoms with Crippen molar-refractivity contribution in [2.45, 2.75) is 0 Å². The van der Waals surface area contributed by atoms with E-state index >= 15 is 0 Å². The summed E-state index contributed by atoms with van der Waals surface area (Å²) in [5, 5.41) is 11.3. The van der Waals surface area contributed by atoms with Gasteiger partial charge >= 0.3 is 0 Å². The smallest absolute Gasteiger partial charge is 0.162 e. The molecule has 1 aromatic carbocycles. The number of methoxy groups -OCH3 is 2. The summed E-state index contributed by atoms with van der Waals surface area (Å²) in [5.74, 6) is 1.32. The number of nitrogens with zero attached hydrogens (tertiary/aromatic N) is 1. The van der Waals surface area contributed by atoms with Crippen LogP contribution in [0.3, 0.4) is 0 Å². The Morgan fingerprint density at radius 1 is 1.29 bits per heavy atom. The highest BCUT2D eigenvalue weighted by molar-refractivity contribution is 5.55. The van der Waals surface area contributed by atoms with Crippen LogP contribution >= 0.6 is 0 Å². The normalized spacial score (nSPS) is 8.93. The first-order chi connectivity index (χ1) is 6.81. The van der Waals surface area contributed by atoms with E-state index in [1.165, 1.54) is 0 Å². The summed E-state index contributed by atoms with van der Waals surface area (Å²) < 4.78 is 10.2. The molecule has 0 unspecified atom stereocenters. The number of benzene rings is 1. The van der Waals surface area contributed by atoms with E-state index in [0.717, 1.165) is 5.69 Å². The first kappa shape index (κ1) is 10.2. The van der Waals surface area contributed by atoms with E-state index in [2.05, 4.69) is 5.32 Å². The minimum atomic E-state index is 0.273. The van der Waals surface area contributed by atoms with Crippen molar-refractivity contribution in [1.29, 1.82) is 5.26 Å². The lowest BCUT2D eigenvalue weighted by Gasteiger charge is -2.09. The maximum atomic E-state index is 8.39. The Morgan fingerprint density at radius 3 is 2.57 bits per heavy atom. The van der Waals surface area contributed by atoms with Gasteiger partial charge in [-0.05, 0) is 12.1 Å². The van der Waals surface area contributed by atoms with Crippen LogP contribution in [0.5, 0.6) is 11.5 Å². The minimum Gasteiger partial charge on any atom is -0.493 e. The van der Waals surface area contributed by atoms with Crippen LogP contribution < -0.4 is 14.8 Å². The fourth-order valence-corrected chi connectivity index (χ4v) is 1.09. The fourth-order valence-electron chi connectivity index (χ4n) is 1.09. The summed E-state index contributed by atoms with van der Waals surface area (Å²) in [7, 11) is 3.16. The fraction of sp³-hybridized carbons (Fsp3) is 0.300. The molecular weight excluding hydrogens is 180 g/mol. The molecule has 4 nitrogen and oxygen atoms in total. The number of nitrogens with one attached hydrogen (secondary N) is 1. The third-order valence-electron chi connectivity index (χ3n) is 1.76. The second kappa shape index (κ2) is 4.97. The molecule has 0 aliphatic heterocycles. The van der Waals surface area contributed by atoms with Gasteiger partial charge < -0.3 is 14.8 Å². The topological polar surface area (TPSA) is 54.3 Å². The molecule has 0 aliphatic carbocycles. The zero-order chi connectivity index (χ0) is 10.4. The van der Waals surface area contributed by atoms with Crippen molar-refractivity contribution < 1.29 is 9.47 Å². The number of nitriles is 1. The maximum absolute atomic E-state index is 8.39. The SMILES string of the molecule is COc1ccc(NCC#N)cc1OC. The average Bonchev–Trinajstić information content (AvgIpc) is 2.25. The monoisotopic (exact) mass is 192 g/mol. The van der Waals surface area contributed by atoms with Gasteiger partial charge in [0.05, 0.1) is 20.3 Å². The van der Waals surface area contributed by atoms with E-state index in [1.54, 1.807) is 26.4 Å². The molecule has 1 N–H and O–H groups in total. The Kier molecular flexibility index (Phi) is 3.62. The average molecular weight is 192 g/mol. The largest absolute Gasteiger partial charge is 0.493 e. The summed E-state index contributed by atoms with van der Waals surface area (Å²) in [5.41, 5.74) is 0.837. The molecule has 0 heterocycles. The standard InChI is InChI=1S/C10H12N2O2/c1-13-9-4-3-8(12-6-5-11)7-10(9)14-2/h3-4,7,12H,6H2,1-2H3. The molecule has 1 rings (SSSR count). The van der Waals surface area contributed by atoms with Crippen LogP contribution in [0.25, 0.3) is 0 Å². The molecule has 14 heavy (non-hydrogen) atoms. The third-order valence-corrected chi connectivity index (χ3v) is 1.76. The summed E-state index contributed by atoms with van der Waals surface area (Å²) in [4.78, 5) is 0. The second-order valence-corrected chi connectivity index (χ2v) is 2.58. The van der Waals surface area contributed by atoms with Crippen molar-refractivity contribution in [3.05, 3.63) is 18.2 Å². The molecule has 0 spiro atoms. The Labute approximate surface area is 83.1 Å². The van der Waals surface area contributed by atoms with Crippen molar-refractivity contribution in [3.63, 3.8) is 0 Å². The molecule has 0 saturated carbocycles. The summed E-state index contributed by atoms with van der Waals surface area (Å²) in [6.45, 7) is 0.273. The van der Waals surface area contributed by atoms with Crippen molar-refractivity contribution in [1.82, 2.24) is 0 Å². The van der Waals surface area contributed by atoms with Crippen LogP contribution in [0, 0.1) is 11.3 Å². The van der Waals surface area contributed by atoms with Gasteiger partial charge in [0.25, 0.3) is 0 Å². The molecule has 0 bridgehead atoms. The van der Waals surface area contributed by atoms with Crippen molar-refractivity contribution in [3.8, 4) is 17.6 Å². The van der Waals surface area contributed by atoms with E-state index < -0.39 is 0 Å². The molecule has 4 heteroatoms. The Balaban J connectivity index is 2.85. The lowest BCUT2D eigenvalue weighted by atomic mass is 10.2. The van der Waals surface area contributed by atoms with Crippen molar-refractivity contribution in [2.75, 3.05) is 26.1 Å². The highest BCUT2D eigenvalue weighted by Crippen LogP contribution is 2.29. The van der Waals surface area contributed by atoms with Crippen LogP contribution in [0.4, 0.5) is 5.69 Å². The lowest BCUT2D eigenvalue weighted by molar-refractivity contribution is 0.355. The Hall–Kier alpha value is -1.89. The molecule has 0 aromatic heterocycles. The molecule has 0 radical (unpaired) electrons.